The summed E-state index contributed by atoms with van der Waals surface area (Å²) in [5.41, 5.74) is 5.93. The summed E-state index contributed by atoms with van der Waals surface area (Å²) in [6.45, 7) is 11.4. The highest BCUT2D eigenvalue weighted by molar-refractivity contribution is 7.27. The fourth-order valence-electron chi connectivity index (χ4n) is 5.18. The quantitative estimate of drug-likeness (QED) is 0.261. The van der Waals surface area contributed by atoms with Crippen molar-refractivity contribution in [3.63, 3.8) is 0 Å². The molecule has 3 heteroatoms. The Balaban J connectivity index is 1.63. The van der Waals surface area contributed by atoms with Crippen molar-refractivity contribution in [3.05, 3.63) is 78.2 Å². The van der Waals surface area contributed by atoms with E-state index in [0.717, 1.165) is 17.7 Å². The van der Waals surface area contributed by atoms with Gasteiger partial charge in [-0.1, -0.05) is 71.0 Å². The first-order chi connectivity index (χ1) is 16.3. The predicted molar refractivity (Wildman–Crippen MR) is 147 cm³/mol. The summed E-state index contributed by atoms with van der Waals surface area (Å²) in [5.74, 6) is 0.597. The Morgan fingerprint density at radius 3 is 2.44 bits per heavy atom. The lowest BCUT2D eigenvalue weighted by molar-refractivity contribution is 0.596. The molecular weight excluding hydrogens is 434 g/mol. The molecule has 0 saturated carbocycles. The largest absolute Gasteiger partial charge is 0.463 e. The van der Waals surface area contributed by atoms with E-state index in [9.17, 15) is 0 Å². The van der Waals surface area contributed by atoms with E-state index in [1.807, 2.05) is 23.8 Å². The van der Waals surface area contributed by atoms with Gasteiger partial charge < -0.3 is 4.42 Å². The maximum Gasteiger partial charge on any atom is 0.151 e. The Bertz CT molecular complexity index is 1690. The van der Waals surface area contributed by atoms with Crippen LogP contribution in [0.1, 0.15) is 45.7 Å². The maximum absolute atomic E-state index is 6.15. The molecule has 0 unspecified atom stereocenters. The molecule has 0 radical (unpaired) electrons. The van der Waals surface area contributed by atoms with Crippen LogP contribution in [0.15, 0.2) is 71.5 Å². The van der Waals surface area contributed by atoms with E-state index < -0.39 is 0 Å². The first-order valence-corrected chi connectivity index (χ1v) is 12.9. The van der Waals surface area contributed by atoms with E-state index >= 15 is 0 Å². The number of thiophene rings is 1. The second-order valence-electron chi connectivity index (χ2n) is 10.8. The summed E-state index contributed by atoms with van der Waals surface area (Å²) in [5, 5.41) is 6.31. The van der Waals surface area contributed by atoms with Crippen LogP contribution < -0.4 is 0 Å². The van der Waals surface area contributed by atoms with E-state index in [1.165, 1.54) is 53.0 Å². The molecule has 3 heterocycles. The van der Waals surface area contributed by atoms with E-state index in [4.69, 9.17) is 9.40 Å². The van der Waals surface area contributed by atoms with Crippen LogP contribution >= 0.6 is 11.3 Å². The van der Waals surface area contributed by atoms with Gasteiger partial charge >= 0.3 is 0 Å². The molecule has 0 bridgehead atoms. The second kappa shape index (κ2) is 7.68. The molecule has 0 atom stereocenters. The Labute approximate surface area is 204 Å². The smallest absolute Gasteiger partial charge is 0.151 e. The average Bonchev–Trinajstić information content (AvgIpc) is 3.38. The third-order valence-corrected chi connectivity index (χ3v) is 7.97. The normalized spacial score (nSPS) is 12.6. The Kier molecular flexibility index (Phi) is 4.82. The minimum atomic E-state index is 0.0385. The van der Waals surface area contributed by atoms with Crippen molar-refractivity contribution in [2.24, 2.45) is 5.92 Å². The molecule has 0 saturated heterocycles. The Hall–Kier alpha value is -3.17. The van der Waals surface area contributed by atoms with Crippen LogP contribution in [-0.4, -0.2) is 4.98 Å². The number of benzene rings is 3. The standard InChI is InChI=1S/C31H29NOS/c1-18(2)14-21-17-33-28-23(21)10-11-24-25-12-13-32-27(29(25)34-30(24)28)20-15-19-8-6-7-9-22(19)26(16-20)31(3,4)5/h6-13,15-18H,14H2,1-5H3. The zero-order valence-electron chi connectivity index (χ0n) is 20.4. The molecule has 0 amide bonds. The highest BCUT2D eigenvalue weighted by atomic mass is 32.1. The third-order valence-electron chi connectivity index (χ3n) is 6.75. The van der Waals surface area contributed by atoms with Gasteiger partial charge in [-0.05, 0) is 57.9 Å². The third kappa shape index (κ3) is 3.33. The highest BCUT2D eigenvalue weighted by Gasteiger charge is 2.21. The van der Waals surface area contributed by atoms with Gasteiger partial charge in [0.2, 0.25) is 0 Å². The lowest BCUT2D eigenvalue weighted by Crippen LogP contribution is -2.12. The van der Waals surface area contributed by atoms with Crippen LogP contribution in [0, 0.1) is 5.92 Å². The van der Waals surface area contributed by atoms with Gasteiger partial charge in [-0.25, -0.2) is 0 Å². The van der Waals surface area contributed by atoms with Crippen molar-refractivity contribution in [3.8, 4) is 11.3 Å². The molecule has 2 nitrogen and oxygen atoms in total. The average molecular weight is 464 g/mol. The lowest BCUT2D eigenvalue weighted by Gasteiger charge is -2.22. The minimum absolute atomic E-state index is 0.0385. The molecular formula is C31H29NOS. The predicted octanol–water partition coefficient (Wildman–Crippen LogP) is 9.51. The molecule has 6 rings (SSSR count). The molecule has 0 aliphatic rings. The number of fused-ring (bicyclic) bond motifs is 6. The molecule has 3 aromatic heterocycles. The Morgan fingerprint density at radius 2 is 1.65 bits per heavy atom. The minimum Gasteiger partial charge on any atom is -0.463 e. The van der Waals surface area contributed by atoms with E-state index in [1.54, 1.807) is 0 Å². The number of hydrogen-bond acceptors (Lipinski definition) is 3. The lowest BCUT2D eigenvalue weighted by atomic mass is 9.82. The summed E-state index contributed by atoms with van der Waals surface area (Å²) < 4.78 is 8.59. The summed E-state index contributed by atoms with van der Waals surface area (Å²) >= 11 is 1.81. The summed E-state index contributed by atoms with van der Waals surface area (Å²) in [6.07, 6.45) is 4.93. The van der Waals surface area contributed by atoms with Crippen molar-refractivity contribution < 1.29 is 4.42 Å². The summed E-state index contributed by atoms with van der Waals surface area (Å²) in [7, 11) is 0. The van der Waals surface area contributed by atoms with Crippen LogP contribution in [0.4, 0.5) is 0 Å². The van der Waals surface area contributed by atoms with Gasteiger partial charge in [0, 0.05) is 27.9 Å². The number of hydrogen-bond donors (Lipinski definition) is 0. The van der Waals surface area contributed by atoms with E-state index in [2.05, 4.69) is 89.2 Å². The molecule has 0 aliphatic heterocycles. The van der Waals surface area contributed by atoms with Crippen molar-refractivity contribution in [1.29, 1.82) is 0 Å². The van der Waals surface area contributed by atoms with Crippen molar-refractivity contribution in [1.82, 2.24) is 4.98 Å². The number of rotatable bonds is 3. The molecule has 170 valence electrons. The SMILES string of the molecule is CC(C)Cc1coc2c1ccc1c3ccnc(-c4cc(C(C)(C)C)c5ccccc5c4)c3sc12. The number of nitrogens with zero attached hydrogens (tertiary/aromatic N) is 1. The van der Waals surface area contributed by atoms with Gasteiger partial charge in [0.05, 0.1) is 21.4 Å². The Morgan fingerprint density at radius 1 is 0.882 bits per heavy atom. The van der Waals surface area contributed by atoms with Gasteiger partial charge in [0.25, 0.3) is 0 Å². The molecule has 0 N–H and O–H groups in total. The van der Waals surface area contributed by atoms with Gasteiger partial charge in [0.15, 0.2) is 5.58 Å². The monoisotopic (exact) mass is 463 g/mol. The van der Waals surface area contributed by atoms with Gasteiger partial charge in [-0.2, -0.15) is 0 Å². The molecule has 3 aromatic carbocycles. The first-order valence-electron chi connectivity index (χ1n) is 12.0. The fourth-order valence-corrected chi connectivity index (χ4v) is 6.47. The molecule has 34 heavy (non-hydrogen) atoms. The van der Waals surface area contributed by atoms with Gasteiger partial charge in [0.1, 0.15) is 0 Å². The van der Waals surface area contributed by atoms with Gasteiger partial charge in [-0.15, -0.1) is 11.3 Å². The van der Waals surface area contributed by atoms with Gasteiger partial charge in [-0.3, -0.25) is 4.98 Å². The second-order valence-corrected chi connectivity index (χ2v) is 11.8. The van der Waals surface area contributed by atoms with Crippen LogP contribution in [0.3, 0.4) is 0 Å². The highest BCUT2D eigenvalue weighted by Crippen LogP contribution is 2.44. The number of pyridine rings is 1. The van der Waals surface area contributed by atoms with Crippen LogP contribution in [0.25, 0.3) is 53.2 Å². The van der Waals surface area contributed by atoms with Crippen molar-refractivity contribution in [2.45, 2.75) is 46.5 Å². The molecule has 6 aromatic rings. The number of furan rings is 1. The van der Waals surface area contributed by atoms with Crippen LogP contribution in [0.5, 0.6) is 0 Å². The topological polar surface area (TPSA) is 26.0 Å². The summed E-state index contributed by atoms with van der Waals surface area (Å²) in [4.78, 5) is 4.91. The van der Waals surface area contributed by atoms with E-state index in [-0.39, 0.29) is 5.41 Å². The molecule has 0 aliphatic carbocycles. The zero-order chi connectivity index (χ0) is 23.6. The zero-order valence-corrected chi connectivity index (χ0v) is 21.2. The molecule has 0 fully saturated rings. The van der Waals surface area contributed by atoms with Crippen LogP contribution in [-0.2, 0) is 11.8 Å². The van der Waals surface area contributed by atoms with Crippen LogP contribution in [0.2, 0.25) is 0 Å². The van der Waals surface area contributed by atoms with E-state index in [0.29, 0.717) is 5.92 Å². The fraction of sp³-hybridized carbons (Fsp3) is 0.258. The maximum atomic E-state index is 6.15. The van der Waals surface area contributed by atoms with Crippen molar-refractivity contribution >= 4 is 53.3 Å². The summed E-state index contributed by atoms with van der Waals surface area (Å²) in [6, 6.07) is 20.0. The first kappa shape index (κ1) is 21.4. The molecule has 0 spiro atoms. The number of aromatic nitrogens is 1. The van der Waals surface area contributed by atoms with Crippen molar-refractivity contribution in [2.75, 3.05) is 0 Å².